The summed E-state index contributed by atoms with van der Waals surface area (Å²) in [6.07, 6.45) is -0.780. The number of rotatable bonds is 2. The van der Waals surface area contributed by atoms with Crippen molar-refractivity contribution in [3.63, 3.8) is 0 Å². The molecule has 1 aromatic carbocycles. The van der Waals surface area contributed by atoms with Gasteiger partial charge in [0.15, 0.2) is 11.4 Å². The fourth-order valence-corrected chi connectivity index (χ4v) is 1.98. The van der Waals surface area contributed by atoms with Crippen molar-refractivity contribution < 1.29 is 18.3 Å². The van der Waals surface area contributed by atoms with Gasteiger partial charge in [0, 0.05) is 11.5 Å². The summed E-state index contributed by atoms with van der Waals surface area (Å²) in [6.45, 7) is 7.57. The van der Waals surface area contributed by atoms with E-state index >= 15 is 0 Å². The Kier molecular flexibility index (Phi) is 4.09. The molecule has 0 bridgehead atoms. The van der Waals surface area contributed by atoms with Gasteiger partial charge >= 0.3 is 6.09 Å². The van der Waals surface area contributed by atoms with Crippen LogP contribution in [0.2, 0.25) is 5.02 Å². The van der Waals surface area contributed by atoms with Crippen LogP contribution in [0.15, 0.2) is 10.5 Å². The van der Waals surface area contributed by atoms with Crippen molar-refractivity contribution in [3.8, 4) is 0 Å². The molecule has 2 aromatic rings. The molecule has 1 amide bonds. The summed E-state index contributed by atoms with van der Waals surface area (Å²) in [5.41, 5.74) is 0.0242. The van der Waals surface area contributed by atoms with Crippen LogP contribution >= 0.6 is 11.6 Å². The first-order valence-corrected chi connectivity index (χ1v) is 6.84. The molecule has 0 aliphatic rings. The van der Waals surface area contributed by atoms with Crippen LogP contribution in [0.5, 0.6) is 0 Å². The van der Waals surface area contributed by atoms with E-state index in [0.29, 0.717) is 11.4 Å². The van der Waals surface area contributed by atoms with E-state index in [1.54, 1.807) is 6.92 Å². The molecule has 1 N–H and O–H groups in total. The van der Waals surface area contributed by atoms with E-state index in [-0.39, 0.29) is 28.3 Å². The number of nitrogens with zero attached hydrogens (tertiary/aromatic N) is 1. The molecule has 2 rings (SSSR count). The number of halogens is 2. The monoisotopic (exact) mass is 314 g/mol. The van der Waals surface area contributed by atoms with E-state index in [1.807, 2.05) is 20.8 Å². The second kappa shape index (κ2) is 5.52. The zero-order valence-corrected chi connectivity index (χ0v) is 13.0. The van der Waals surface area contributed by atoms with Crippen LogP contribution in [0.4, 0.5) is 14.9 Å². The maximum Gasteiger partial charge on any atom is 0.411 e. The van der Waals surface area contributed by atoms with Gasteiger partial charge in [0.2, 0.25) is 5.89 Å². The number of nitrogens with one attached hydrogen (secondary N) is 1. The first-order chi connectivity index (χ1) is 9.74. The van der Waals surface area contributed by atoms with Gasteiger partial charge in [0.25, 0.3) is 0 Å². The van der Waals surface area contributed by atoms with Crippen molar-refractivity contribution in [1.29, 1.82) is 0 Å². The number of fused-ring (bicyclic) bond motifs is 1. The van der Waals surface area contributed by atoms with Crippen LogP contribution in [0.25, 0.3) is 11.1 Å². The molecule has 0 saturated heterocycles. The van der Waals surface area contributed by atoms with Crippen molar-refractivity contribution >= 4 is 34.5 Å². The van der Waals surface area contributed by atoms with Gasteiger partial charge in [-0.2, -0.15) is 0 Å². The summed E-state index contributed by atoms with van der Waals surface area (Å²) in [5, 5.41) is 2.25. The Morgan fingerprint density at radius 3 is 2.76 bits per heavy atom. The number of amides is 1. The van der Waals surface area contributed by atoms with Crippen LogP contribution in [0, 0.1) is 5.82 Å². The predicted octanol–water partition coefficient (Wildman–Crippen LogP) is 4.49. The SMILES string of the molecule is CCOC(=O)Nc1c(F)cc2oc(C(C)(C)C)nc2c1Cl. The van der Waals surface area contributed by atoms with Gasteiger partial charge in [0.05, 0.1) is 11.6 Å². The van der Waals surface area contributed by atoms with Gasteiger partial charge in [-0.3, -0.25) is 5.32 Å². The summed E-state index contributed by atoms with van der Waals surface area (Å²) in [5.74, 6) is -0.274. The lowest BCUT2D eigenvalue weighted by molar-refractivity contribution is 0.168. The van der Waals surface area contributed by atoms with E-state index in [1.165, 1.54) is 0 Å². The third-order valence-corrected chi connectivity index (χ3v) is 3.09. The number of carbonyl (C=O) groups excluding carboxylic acids is 1. The number of anilines is 1. The van der Waals surface area contributed by atoms with Crippen LogP contribution in [-0.4, -0.2) is 17.7 Å². The molecule has 0 fully saturated rings. The highest BCUT2D eigenvalue weighted by molar-refractivity contribution is 6.38. The molecular formula is C14H16ClFN2O3. The Hall–Kier alpha value is -1.82. The standard InChI is InChI=1S/C14H16ClFN2O3/c1-5-20-13(19)18-10-7(16)6-8-11(9(10)15)17-12(21-8)14(2,3)4/h6H,5H2,1-4H3,(H,18,19). The number of ether oxygens (including phenoxy) is 1. The average Bonchev–Trinajstić information content (AvgIpc) is 2.78. The van der Waals surface area contributed by atoms with Crippen molar-refractivity contribution in [1.82, 2.24) is 4.98 Å². The fourth-order valence-electron chi connectivity index (χ4n) is 1.70. The van der Waals surface area contributed by atoms with Gasteiger partial charge in [-0.15, -0.1) is 0 Å². The number of aromatic nitrogens is 1. The smallest absolute Gasteiger partial charge is 0.411 e. The Morgan fingerprint density at radius 1 is 1.52 bits per heavy atom. The molecule has 1 aromatic heterocycles. The first-order valence-electron chi connectivity index (χ1n) is 6.46. The minimum Gasteiger partial charge on any atom is -0.450 e. The van der Waals surface area contributed by atoms with Crippen molar-refractivity contribution in [2.24, 2.45) is 0 Å². The van der Waals surface area contributed by atoms with Gasteiger partial charge in [0.1, 0.15) is 11.2 Å². The highest BCUT2D eigenvalue weighted by Gasteiger charge is 2.24. The fraction of sp³-hybridized carbons (Fsp3) is 0.429. The van der Waals surface area contributed by atoms with Crippen LogP contribution in [-0.2, 0) is 10.2 Å². The minimum atomic E-state index is -0.780. The quantitative estimate of drug-likeness (QED) is 0.887. The molecule has 21 heavy (non-hydrogen) atoms. The molecular weight excluding hydrogens is 299 g/mol. The Balaban J connectivity index is 2.51. The molecule has 0 radical (unpaired) electrons. The van der Waals surface area contributed by atoms with Crippen LogP contribution in [0.1, 0.15) is 33.6 Å². The summed E-state index contributed by atoms with van der Waals surface area (Å²) < 4.78 is 24.3. The van der Waals surface area contributed by atoms with Crippen molar-refractivity contribution in [3.05, 3.63) is 22.8 Å². The molecule has 0 aliphatic heterocycles. The maximum atomic E-state index is 14.0. The first kappa shape index (κ1) is 15.6. The van der Waals surface area contributed by atoms with Gasteiger partial charge in [-0.25, -0.2) is 14.2 Å². The lowest BCUT2D eigenvalue weighted by Gasteiger charge is -2.11. The second-order valence-corrected chi connectivity index (χ2v) is 5.89. The molecule has 0 spiro atoms. The summed E-state index contributed by atoms with van der Waals surface area (Å²) in [4.78, 5) is 15.7. The highest BCUT2D eigenvalue weighted by Crippen LogP contribution is 2.36. The van der Waals surface area contributed by atoms with E-state index in [4.69, 9.17) is 20.8 Å². The second-order valence-electron chi connectivity index (χ2n) is 5.51. The Bertz CT molecular complexity index is 692. The minimum absolute atomic E-state index is 0.0164. The number of benzene rings is 1. The number of hydrogen-bond acceptors (Lipinski definition) is 4. The van der Waals surface area contributed by atoms with E-state index in [0.717, 1.165) is 6.07 Å². The molecule has 0 unspecified atom stereocenters. The molecule has 7 heteroatoms. The van der Waals surface area contributed by atoms with E-state index < -0.39 is 11.9 Å². The number of carbonyl (C=O) groups is 1. The highest BCUT2D eigenvalue weighted by atomic mass is 35.5. The average molecular weight is 315 g/mol. The van der Waals surface area contributed by atoms with E-state index in [9.17, 15) is 9.18 Å². The van der Waals surface area contributed by atoms with Crippen LogP contribution < -0.4 is 5.32 Å². The topological polar surface area (TPSA) is 64.4 Å². The molecule has 0 aliphatic carbocycles. The van der Waals surface area contributed by atoms with Crippen LogP contribution in [0.3, 0.4) is 0 Å². The summed E-state index contributed by atoms with van der Waals surface area (Å²) in [7, 11) is 0. The number of hydrogen-bond donors (Lipinski definition) is 1. The summed E-state index contributed by atoms with van der Waals surface area (Å²) in [6, 6.07) is 1.14. The maximum absolute atomic E-state index is 14.0. The van der Waals surface area contributed by atoms with E-state index in [2.05, 4.69) is 10.3 Å². The van der Waals surface area contributed by atoms with Gasteiger partial charge in [-0.1, -0.05) is 32.4 Å². The van der Waals surface area contributed by atoms with Crippen molar-refractivity contribution in [2.45, 2.75) is 33.1 Å². The Morgan fingerprint density at radius 2 is 2.19 bits per heavy atom. The van der Waals surface area contributed by atoms with Crippen molar-refractivity contribution in [2.75, 3.05) is 11.9 Å². The zero-order valence-electron chi connectivity index (χ0n) is 12.2. The lowest BCUT2D eigenvalue weighted by atomic mass is 9.97. The molecule has 1 heterocycles. The third kappa shape index (κ3) is 3.10. The molecule has 0 saturated carbocycles. The lowest BCUT2D eigenvalue weighted by Crippen LogP contribution is -2.14. The zero-order chi connectivity index (χ0) is 15.8. The van der Waals surface area contributed by atoms with Gasteiger partial charge in [-0.05, 0) is 6.92 Å². The van der Waals surface area contributed by atoms with Gasteiger partial charge < -0.3 is 9.15 Å². The largest absolute Gasteiger partial charge is 0.450 e. The molecule has 0 atom stereocenters. The third-order valence-electron chi connectivity index (χ3n) is 2.72. The summed E-state index contributed by atoms with van der Waals surface area (Å²) >= 11 is 6.12. The normalized spacial score (nSPS) is 11.7. The molecule has 5 nitrogen and oxygen atoms in total. The molecule has 114 valence electrons. The predicted molar refractivity (Wildman–Crippen MR) is 78.3 cm³/mol. The number of oxazole rings is 1. The Labute approximate surface area is 126 Å².